The highest BCUT2D eigenvalue weighted by Gasteiger charge is 2.23. The number of carbonyl (C=O) groups is 1. The largest absolute Gasteiger partial charge is 0.338 e. The molecule has 1 saturated carbocycles. The highest BCUT2D eigenvalue weighted by molar-refractivity contribution is 7.12. The standard InChI is InChI=1S/C16H25NOS/c1-3-13-11-12-19-15(13)16(18)17(2)14-9-7-5-4-6-8-10-14/h11-12,14H,3-10H2,1-2H3. The minimum Gasteiger partial charge on any atom is -0.338 e. The average molecular weight is 279 g/mol. The molecule has 2 nitrogen and oxygen atoms in total. The van der Waals surface area contributed by atoms with Crippen LogP contribution in [0.1, 0.15) is 67.1 Å². The van der Waals surface area contributed by atoms with E-state index >= 15 is 0 Å². The van der Waals surface area contributed by atoms with Crippen LogP contribution in [0, 0.1) is 0 Å². The van der Waals surface area contributed by atoms with Crippen molar-refractivity contribution in [2.75, 3.05) is 7.05 Å². The molecule has 1 aliphatic carbocycles. The number of thiophene rings is 1. The topological polar surface area (TPSA) is 20.3 Å². The molecule has 0 N–H and O–H groups in total. The molecule has 0 unspecified atom stereocenters. The summed E-state index contributed by atoms with van der Waals surface area (Å²) in [5.41, 5.74) is 1.20. The molecule has 0 atom stereocenters. The first-order chi connectivity index (χ1) is 9.24. The lowest BCUT2D eigenvalue weighted by atomic mass is 9.95. The number of aryl methyl sites for hydroxylation is 1. The van der Waals surface area contributed by atoms with Gasteiger partial charge in [-0.1, -0.05) is 39.0 Å². The molecule has 0 radical (unpaired) electrons. The second-order valence-corrected chi connectivity index (χ2v) is 6.46. The van der Waals surface area contributed by atoms with E-state index in [4.69, 9.17) is 0 Å². The summed E-state index contributed by atoms with van der Waals surface area (Å²) < 4.78 is 0. The Bertz CT molecular complexity index is 405. The van der Waals surface area contributed by atoms with Crippen molar-refractivity contribution in [2.24, 2.45) is 0 Å². The lowest BCUT2D eigenvalue weighted by Crippen LogP contribution is -2.37. The maximum Gasteiger partial charge on any atom is 0.264 e. The maximum absolute atomic E-state index is 12.6. The van der Waals surface area contributed by atoms with Crippen LogP contribution in [0.3, 0.4) is 0 Å². The second kappa shape index (κ2) is 7.09. The lowest BCUT2D eigenvalue weighted by molar-refractivity contribution is 0.0711. The number of hydrogen-bond donors (Lipinski definition) is 0. The van der Waals surface area contributed by atoms with E-state index in [0.29, 0.717) is 6.04 Å². The Hall–Kier alpha value is -0.830. The Labute approximate surface area is 120 Å². The molecule has 1 aliphatic rings. The third-order valence-electron chi connectivity index (χ3n) is 4.26. The predicted molar refractivity (Wildman–Crippen MR) is 81.9 cm³/mol. The Morgan fingerprint density at radius 3 is 2.53 bits per heavy atom. The molecule has 19 heavy (non-hydrogen) atoms. The molecule has 2 rings (SSSR count). The molecule has 0 aromatic carbocycles. The number of nitrogens with zero attached hydrogens (tertiary/aromatic N) is 1. The Morgan fingerprint density at radius 1 is 1.26 bits per heavy atom. The summed E-state index contributed by atoms with van der Waals surface area (Å²) in [6.07, 6.45) is 9.87. The Morgan fingerprint density at radius 2 is 1.89 bits per heavy atom. The van der Waals surface area contributed by atoms with Crippen molar-refractivity contribution in [3.8, 4) is 0 Å². The molecule has 1 amide bonds. The summed E-state index contributed by atoms with van der Waals surface area (Å²) in [5.74, 6) is 0.234. The molecular formula is C16H25NOS. The highest BCUT2D eigenvalue weighted by atomic mass is 32.1. The van der Waals surface area contributed by atoms with Gasteiger partial charge in [0.2, 0.25) is 0 Å². The molecule has 0 aliphatic heterocycles. The van der Waals surface area contributed by atoms with E-state index in [2.05, 4.69) is 13.0 Å². The van der Waals surface area contributed by atoms with E-state index in [0.717, 1.165) is 11.3 Å². The van der Waals surface area contributed by atoms with Crippen molar-refractivity contribution < 1.29 is 4.79 Å². The lowest BCUT2D eigenvalue weighted by Gasteiger charge is -2.29. The van der Waals surface area contributed by atoms with Crippen LogP contribution in [0.2, 0.25) is 0 Å². The molecule has 1 aromatic heterocycles. The number of rotatable bonds is 3. The van der Waals surface area contributed by atoms with E-state index in [9.17, 15) is 4.79 Å². The van der Waals surface area contributed by atoms with Gasteiger partial charge in [0.05, 0.1) is 4.88 Å². The highest BCUT2D eigenvalue weighted by Crippen LogP contribution is 2.25. The van der Waals surface area contributed by atoms with Crippen LogP contribution in [-0.4, -0.2) is 23.9 Å². The maximum atomic E-state index is 12.6. The van der Waals surface area contributed by atoms with Gasteiger partial charge in [0.15, 0.2) is 0 Å². The van der Waals surface area contributed by atoms with E-state index in [1.54, 1.807) is 11.3 Å². The quantitative estimate of drug-likeness (QED) is 0.798. The minimum absolute atomic E-state index is 0.234. The van der Waals surface area contributed by atoms with Gasteiger partial charge < -0.3 is 4.90 Å². The summed E-state index contributed by atoms with van der Waals surface area (Å²) in [4.78, 5) is 15.6. The van der Waals surface area contributed by atoms with Gasteiger partial charge in [-0.3, -0.25) is 4.79 Å². The van der Waals surface area contributed by atoms with E-state index < -0.39 is 0 Å². The summed E-state index contributed by atoms with van der Waals surface area (Å²) in [5, 5.41) is 2.04. The molecule has 3 heteroatoms. The zero-order valence-electron chi connectivity index (χ0n) is 12.2. The van der Waals surface area contributed by atoms with Crippen LogP contribution in [-0.2, 0) is 6.42 Å². The van der Waals surface area contributed by atoms with Crippen molar-refractivity contribution >= 4 is 17.2 Å². The fourth-order valence-electron chi connectivity index (χ4n) is 2.95. The van der Waals surface area contributed by atoms with Crippen LogP contribution in [0.4, 0.5) is 0 Å². The molecule has 1 fully saturated rings. The SMILES string of the molecule is CCc1ccsc1C(=O)N(C)C1CCCCCCC1. The van der Waals surface area contributed by atoms with Crippen molar-refractivity contribution in [3.05, 3.63) is 21.9 Å². The fourth-order valence-corrected chi connectivity index (χ4v) is 3.93. The molecular weight excluding hydrogens is 254 g/mol. The van der Waals surface area contributed by atoms with Crippen LogP contribution >= 0.6 is 11.3 Å². The van der Waals surface area contributed by atoms with Crippen molar-refractivity contribution in [1.82, 2.24) is 4.90 Å². The summed E-state index contributed by atoms with van der Waals surface area (Å²) in [7, 11) is 1.99. The van der Waals surface area contributed by atoms with Gasteiger partial charge in [0.25, 0.3) is 5.91 Å². The third-order valence-corrected chi connectivity index (χ3v) is 5.21. The summed E-state index contributed by atoms with van der Waals surface area (Å²) in [6, 6.07) is 2.53. The van der Waals surface area contributed by atoms with Gasteiger partial charge in [-0.05, 0) is 36.3 Å². The first-order valence-corrected chi connectivity index (χ1v) is 8.45. The van der Waals surface area contributed by atoms with Crippen molar-refractivity contribution in [3.63, 3.8) is 0 Å². The van der Waals surface area contributed by atoms with Crippen LogP contribution in [0.15, 0.2) is 11.4 Å². The number of amides is 1. The monoisotopic (exact) mass is 279 g/mol. The van der Waals surface area contributed by atoms with E-state index in [1.165, 1.54) is 50.5 Å². The zero-order valence-corrected chi connectivity index (χ0v) is 13.0. The number of hydrogen-bond acceptors (Lipinski definition) is 2. The van der Waals surface area contributed by atoms with Gasteiger partial charge >= 0.3 is 0 Å². The first kappa shape index (κ1) is 14.6. The van der Waals surface area contributed by atoms with Crippen molar-refractivity contribution in [1.29, 1.82) is 0 Å². The minimum atomic E-state index is 0.234. The molecule has 0 spiro atoms. The van der Waals surface area contributed by atoms with Gasteiger partial charge in [0.1, 0.15) is 0 Å². The molecule has 0 saturated heterocycles. The van der Waals surface area contributed by atoms with Crippen LogP contribution < -0.4 is 0 Å². The predicted octanol–water partition coefficient (Wildman–Crippen LogP) is 4.50. The van der Waals surface area contributed by atoms with E-state index in [1.807, 2.05) is 17.3 Å². The third kappa shape index (κ3) is 3.59. The Kier molecular flexibility index (Phi) is 5.44. The first-order valence-electron chi connectivity index (χ1n) is 7.57. The van der Waals surface area contributed by atoms with Crippen LogP contribution in [0.25, 0.3) is 0 Å². The molecule has 0 bridgehead atoms. The molecule has 1 heterocycles. The van der Waals surface area contributed by atoms with Crippen LogP contribution in [0.5, 0.6) is 0 Å². The van der Waals surface area contributed by atoms with Gasteiger partial charge in [-0.25, -0.2) is 0 Å². The smallest absolute Gasteiger partial charge is 0.264 e. The zero-order chi connectivity index (χ0) is 13.7. The van der Waals surface area contributed by atoms with Gasteiger partial charge in [-0.2, -0.15) is 0 Å². The normalized spacial score (nSPS) is 17.8. The summed E-state index contributed by atoms with van der Waals surface area (Å²) in [6.45, 7) is 2.12. The second-order valence-electron chi connectivity index (χ2n) is 5.54. The fraction of sp³-hybridized carbons (Fsp3) is 0.688. The van der Waals surface area contributed by atoms with Gasteiger partial charge in [0, 0.05) is 13.1 Å². The summed E-state index contributed by atoms with van der Waals surface area (Å²) >= 11 is 1.59. The number of carbonyl (C=O) groups excluding carboxylic acids is 1. The average Bonchev–Trinajstić information content (AvgIpc) is 2.85. The van der Waals surface area contributed by atoms with E-state index in [-0.39, 0.29) is 5.91 Å². The van der Waals surface area contributed by atoms with Crippen molar-refractivity contribution in [2.45, 2.75) is 64.3 Å². The molecule has 106 valence electrons. The Balaban J connectivity index is 2.04. The molecule has 1 aromatic rings. The van der Waals surface area contributed by atoms with Gasteiger partial charge in [-0.15, -0.1) is 11.3 Å².